The van der Waals surface area contributed by atoms with E-state index in [0.717, 1.165) is 23.1 Å². The third-order valence-corrected chi connectivity index (χ3v) is 5.21. The lowest BCUT2D eigenvalue weighted by Crippen LogP contribution is -2.25. The maximum Gasteiger partial charge on any atom is 0.246 e. The maximum atomic E-state index is 13.6. The van der Waals surface area contributed by atoms with Crippen molar-refractivity contribution in [2.24, 2.45) is 0 Å². The number of aromatic amines is 1. The van der Waals surface area contributed by atoms with Crippen molar-refractivity contribution >= 4 is 21.4 Å². The Morgan fingerprint density at radius 1 is 1.17 bits per heavy atom. The number of benzene rings is 1. The molecule has 120 valence electrons. The highest BCUT2D eigenvalue weighted by Gasteiger charge is 2.23. The number of hydrogen-bond acceptors (Lipinski definition) is 5. The lowest BCUT2D eigenvalue weighted by Gasteiger charge is -2.07. The molecule has 0 spiro atoms. The zero-order valence-electron chi connectivity index (χ0n) is 11.5. The number of H-pyrrole nitrogens is 1. The summed E-state index contributed by atoms with van der Waals surface area (Å²) in [5.41, 5.74) is 0. The van der Waals surface area contributed by atoms with E-state index in [9.17, 15) is 17.2 Å². The van der Waals surface area contributed by atoms with Crippen LogP contribution in [0.3, 0.4) is 0 Å². The first kappa shape index (κ1) is 15.7. The zero-order chi connectivity index (χ0) is 16.4. The Labute approximate surface area is 134 Å². The summed E-state index contributed by atoms with van der Waals surface area (Å²) in [5.74, 6) is -1.66. The molecule has 3 aromatic rings. The van der Waals surface area contributed by atoms with Gasteiger partial charge in [-0.15, -0.1) is 11.3 Å². The van der Waals surface area contributed by atoms with Gasteiger partial charge in [-0.3, -0.25) is 5.10 Å². The number of nitrogens with one attached hydrogen (secondary N) is 2. The topological polar surface area (TPSA) is 87.7 Å². The third-order valence-electron chi connectivity index (χ3n) is 2.89. The molecule has 0 fully saturated rings. The van der Waals surface area contributed by atoms with Gasteiger partial charge in [0.15, 0.2) is 10.7 Å². The van der Waals surface area contributed by atoms with E-state index in [1.807, 2.05) is 17.5 Å². The van der Waals surface area contributed by atoms with Crippen LogP contribution in [0.25, 0.3) is 10.7 Å². The molecule has 3 rings (SSSR count). The number of aromatic nitrogens is 3. The van der Waals surface area contributed by atoms with Crippen LogP contribution in [0, 0.1) is 11.6 Å². The molecular formula is C13H10F2N4O2S2. The van der Waals surface area contributed by atoms with Gasteiger partial charge < -0.3 is 0 Å². The molecule has 0 unspecified atom stereocenters. The summed E-state index contributed by atoms with van der Waals surface area (Å²) < 4.78 is 53.3. The molecule has 0 amide bonds. The van der Waals surface area contributed by atoms with Crippen LogP contribution in [-0.2, 0) is 16.6 Å². The Kier molecular flexibility index (Phi) is 4.20. The average molecular weight is 356 g/mol. The fourth-order valence-corrected chi connectivity index (χ4v) is 3.64. The fourth-order valence-electron chi connectivity index (χ4n) is 1.87. The number of halogens is 2. The molecule has 0 atom stereocenters. The van der Waals surface area contributed by atoms with Crippen LogP contribution in [0.2, 0.25) is 0 Å². The van der Waals surface area contributed by atoms with Crippen LogP contribution in [0.5, 0.6) is 0 Å². The summed E-state index contributed by atoms with van der Waals surface area (Å²) >= 11 is 1.43. The third kappa shape index (κ3) is 3.28. The molecule has 0 aliphatic carbocycles. The fraction of sp³-hybridized carbons (Fsp3) is 0.0769. The summed E-state index contributed by atoms with van der Waals surface area (Å²) in [5, 5.41) is 8.39. The minimum absolute atomic E-state index is 0.230. The molecule has 2 aromatic heterocycles. The predicted octanol–water partition coefficient (Wildman–Crippen LogP) is 2.29. The number of nitrogens with zero attached hydrogens (tertiary/aromatic N) is 2. The van der Waals surface area contributed by atoms with Gasteiger partial charge in [0.2, 0.25) is 10.0 Å². The number of rotatable bonds is 5. The molecule has 10 heteroatoms. The van der Waals surface area contributed by atoms with Gasteiger partial charge in [0.1, 0.15) is 17.5 Å². The van der Waals surface area contributed by atoms with E-state index in [-0.39, 0.29) is 12.4 Å². The standard InChI is InChI=1S/C13H10F2N4O2S2/c14-8-3-1-4-9(15)12(8)23(20,21)16-7-11-17-13(19-18-11)10-5-2-6-22-10/h1-6,16H,7H2,(H,17,18,19). The molecule has 1 aromatic carbocycles. The van der Waals surface area contributed by atoms with E-state index < -0.39 is 26.6 Å². The zero-order valence-corrected chi connectivity index (χ0v) is 13.1. The first-order valence-corrected chi connectivity index (χ1v) is 8.72. The van der Waals surface area contributed by atoms with Crippen molar-refractivity contribution in [3.05, 3.63) is 53.2 Å². The highest BCUT2D eigenvalue weighted by Crippen LogP contribution is 2.21. The summed E-state index contributed by atoms with van der Waals surface area (Å²) in [7, 11) is -4.35. The second-order valence-electron chi connectivity index (χ2n) is 4.46. The van der Waals surface area contributed by atoms with Gasteiger partial charge in [0, 0.05) is 0 Å². The number of hydrogen-bond donors (Lipinski definition) is 2. The first-order valence-electron chi connectivity index (χ1n) is 6.36. The molecule has 6 nitrogen and oxygen atoms in total. The monoisotopic (exact) mass is 356 g/mol. The van der Waals surface area contributed by atoms with Crippen molar-refractivity contribution in [2.75, 3.05) is 0 Å². The van der Waals surface area contributed by atoms with Crippen molar-refractivity contribution in [1.82, 2.24) is 19.9 Å². The Bertz CT molecular complexity index is 903. The quantitative estimate of drug-likeness (QED) is 0.734. The van der Waals surface area contributed by atoms with Crippen LogP contribution in [-0.4, -0.2) is 23.6 Å². The van der Waals surface area contributed by atoms with Crippen LogP contribution >= 0.6 is 11.3 Å². The van der Waals surface area contributed by atoms with Gasteiger partial charge in [0.05, 0.1) is 11.4 Å². The molecule has 0 saturated heterocycles. The predicted molar refractivity (Wildman–Crippen MR) is 80.1 cm³/mol. The van der Waals surface area contributed by atoms with E-state index in [1.165, 1.54) is 11.3 Å². The summed E-state index contributed by atoms with van der Waals surface area (Å²) in [6.45, 7) is -0.269. The van der Waals surface area contributed by atoms with Gasteiger partial charge in [-0.05, 0) is 23.6 Å². The van der Waals surface area contributed by atoms with Gasteiger partial charge in [-0.2, -0.15) is 5.10 Å². The normalized spacial score (nSPS) is 11.7. The largest absolute Gasteiger partial charge is 0.262 e. The summed E-state index contributed by atoms with van der Waals surface area (Å²) in [6, 6.07) is 6.49. The van der Waals surface area contributed by atoms with E-state index >= 15 is 0 Å². The molecule has 0 bridgehead atoms. The number of sulfonamides is 1. The molecular weight excluding hydrogens is 346 g/mol. The Morgan fingerprint density at radius 3 is 2.57 bits per heavy atom. The van der Waals surface area contributed by atoms with Gasteiger partial charge in [-0.25, -0.2) is 26.9 Å². The van der Waals surface area contributed by atoms with Crippen LogP contribution in [0.4, 0.5) is 8.78 Å². The second kappa shape index (κ2) is 6.14. The Morgan fingerprint density at radius 2 is 1.91 bits per heavy atom. The molecule has 23 heavy (non-hydrogen) atoms. The SMILES string of the molecule is O=S(=O)(NCc1nc(-c2cccs2)n[nH]1)c1c(F)cccc1F. The Balaban J connectivity index is 1.78. The van der Waals surface area contributed by atoms with E-state index in [0.29, 0.717) is 5.82 Å². The molecule has 0 aliphatic rings. The minimum Gasteiger partial charge on any atom is -0.262 e. The van der Waals surface area contributed by atoms with Crippen LogP contribution in [0.1, 0.15) is 5.82 Å². The molecule has 2 heterocycles. The van der Waals surface area contributed by atoms with Crippen molar-refractivity contribution < 1.29 is 17.2 Å². The first-order chi connectivity index (χ1) is 11.0. The summed E-state index contributed by atoms with van der Waals surface area (Å²) in [6.07, 6.45) is 0. The van der Waals surface area contributed by atoms with E-state index in [2.05, 4.69) is 19.9 Å². The maximum absolute atomic E-state index is 13.6. The second-order valence-corrected chi connectivity index (χ2v) is 7.11. The lowest BCUT2D eigenvalue weighted by molar-refractivity contribution is 0.513. The minimum atomic E-state index is -4.35. The van der Waals surface area contributed by atoms with Crippen LogP contribution in [0.15, 0.2) is 40.6 Å². The van der Waals surface area contributed by atoms with Crippen molar-refractivity contribution in [1.29, 1.82) is 0 Å². The smallest absolute Gasteiger partial charge is 0.246 e. The Hall–Kier alpha value is -2.17. The van der Waals surface area contributed by atoms with Crippen molar-refractivity contribution in [3.8, 4) is 10.7 Å². The molecule has 0 aliphatic heterocycles. The summed E-state index contributed by atoms with van der Waals surface area (Å²) in [4.78, 5) is 3.92. The van der Waals surface area contributed by atoms with Crippen LogP contribution < -0.4 is 4.72 Å². The lowest BCUT2D eigenvalue weighted by atomic mass is 10.3. The highest BCUT2D eigenvalue weighted by atomic mass is 32.2. The molecule has 2 N–H and O–H groups in total. The molecule has 0 saturated carbocycles. The number of thiophene rings is 1. The van der Waals surface area contributed by atoms with Crippen molar-refractivity contribution in [2.45, 2.75) is 11.4 Å². The van der Waals surface area contributed by atoms with Gasteiger partial charge in [0.25, 0.3) is 0 Å². The van der Waals surface area contributed by atoms with Gasteiger partial charge in [-0.1, -0.05) is 12.1 Å². The van der Waals surface area contributed by atoms with E-state index in [1.54, 1.807) is 0 Å². The van der Waals surface area contributed by atoms with Crippen molar-refractivity contribution in [3.63, 3.8) is 0 Å². The van der Waals surface area contributed by atoms with Gasteiger partial charge >= 0.3 is 0 Å². The highest BCUT2D eigenvalue weighted by molar-refractivity contribution is 7.89. The average Bonchev–Trinajstić information content (AvgIpc) is 3.16. The van der Waals surface area contributed by atoms with E-state index in [4.69, 9.17) is 0 Å². The molecule has 0 radical (unpaired) electrons.